The first kappa shape index (κ1) is 23.3. The average molecular weight is 427 g/mol. The summed E-state index contributed by atoms with van der Waals surface area (Å²) < 4.78 is 0. The first-order valence-electron chi connectivity index (χ1n) is 13.2. The number of ketones is 1. The lowest BCUT2D eigenvalue weighted by Crippen LogP contribution is -2.54. The third-order valence-electron chi connectivity index (χ3n) is 10.7. The number of allylic oxidation sites excluding steroid dienone is 2. The van der Waals surface area contributed by atoms with Gasteiger partial charge in [-0.05, 0) is 116 Å². The van der Waals surface area contributed by atoms with E-state index in [0.29, 0.717) is 29.6 Å². The van der Waals surface area contributed by atoms with Crippen molar-refractivity contribution in [1.82, 2.24) is 0 Å². The van der Waals surface area contributed by atoms with Crippen LogP contribution in [-0.4, -0.2) is 17.0 Å². The Morgan fingerprint density at radius 3 is 2.58 bits per heavy atom. The first-order chi connectivity index (χ1) is 14.6. The zero-order valence-electron chi connectivity index (χ0n) is 20.9. The Morgan fingerprint density at radius 2 is 1.90 bits per heavy atom. The molecule has 0 saturated heterocycles. The van der Waals surface area contributed by atoms with E-state index in [-0.39, 0.29) is 11.2 Å². The molecule has 174 valence electrons. The van der Waals surface area contributed by atoms with Gasteiger partial charge in [0, 0.05) is 6.42 Å². The molecule has 0 aromatic carbocycles. The Hall–Kier alpha value is -0.890. The summed E-state index contributed by atoms with van der Waals surface area (Å²) >= 11 is 0. The maximum Gasteiger partial charge on any atom is 0.155 e. The molecule has 0 bridgehead atoms. The number of hydrogen-bond donors (Lipinski definition) is 1. The fraction of sp³-hybridized carbons (Fsp3) is 0.828. The van der Waals surface area contributed by atoms with Gasteiger partial charge in [-0.15, -0.1) is 0 Å². The Kier molecular flexibility index (Phi) is 6.36. The van der Waals surface area contributed by atoms with E-state index in [1.807, 2.05) is 6.08 Å². The minimum atomic E-state index is -0.405. The van der Waals surface area contributed by atoms with Crippen LogP contribution in [0.25, 0.3) is 0 Å². The van der Waals surface area contributed by atoms with Crippen molar-refractivity contribution >= 4 is 5.78 Å². The molecule has 2 heteroatoms. The molecular formula is C29H46O2. The van der Waals surface area contributed by atoms with Crippen LogP contribution >= 0.6 is 0 Å². The summed E-state index contributed by atoms with van der Waals surface area (Å²) in [4.78, 5) is 12.1. The van der Waals surface area contributed by atoms with Gasteiger partial charge < -0.3 is 5.11 Å². The highest BCUT2D eigenvalue weighted by Gasteiger charge is 2.60. The predicted octanol–water partition coefficient (Wildman–Crippen LogP) is 7.12. The molecule has 2 nitrogen and oxygen atoms in total. The molecule has 4 aliphatic rings. The van der Waals surface area contributed by atoms with E-state index in [4.69, 9.17) is 0 Å². The molecule has 4 unspecified atom stereocenters. The van der Waals surface area contributed by atoms with E-state index in [9.17, 15) is 9.90 Å². The Balaban J connectivity index is 1.52. The number of carbonyl (C=O) groups excluding carboxylic acids is 1. The van der Waals surface area contributed by atoms with Crippen LogP contribution in [0.3, 0.4) is 0 Å². The van der Waals surface area contributed by atoms with E-state index in [0.717, 1.165) is 36.2 Å². The van der Waals surface area contributed by atoms with E-state index in [2.05, 4.69) is 47.6 Å². The number of hydrogen-bond acceptors (Lipinski definition) is 2. The molecule has 1 N–H and O–H groups in total. The normalized spacial score (nSPS) is 43.9. The van der Waals surface area contributed by atoms with Crippen LogP contribution in [0.15, 0.2) is 23.3 Å². The summed E-state index contributed by atoms with van der Waals surface area (Å²) in [6.45, 7) is 14.3. The summed E-state index contributed by atoms with van der Waals surface area (Å²) in [5.74, 6) is 4.50. The smallest absolute Gasteiger partial charge is 0.155 e. The lowest BCUT2D eigenvalue weighted by atomic mass is 9.46. The second-order valence-corrected chi connectivity index (χ2v) is 12.4. The average Bonchev–Trinajstić information content (AvgIpc) is 3.07. The highest BCUT2D eigenvalue weighted by molar-refractivity contribution is 5.91. The fourth-order valence-corrected chi connectivity index (χ4v) is 8.94. The number of carbonyl (C=O) groups is 1. The molecule has 0 aromatic rings. The van der Waals surface area contributed by atoms with E-state index in [1.54, 1.807) is 5.57 Å². The maximum atomic E-state index is 12.1. The molecule has 8 atom stereocenters. The molecule has 0 amide bonds. The summed E-state index contributed by atoms with van der Waals surface area (Å²) in [5, 5.41) is 11.1. The largest absolute Gasteiger partial charge is 0.389 e. The molecular weight excluding hydrogens is 380 g/mol. The van der Waals surface area contributed by atoms with Gasteiger partial charge in [0.25, 0.3) is 0 Å². The Morgan fingerprint density at radius 1 is 1.16 bits per heavy atom. The Bertz CT molecular complexity index is 761. The van der Waals surface area contributed by atoms with Gasteiger partial charge in [0.1, 0.15) is 0 Å². The number of rotatable bonds is 5. The van der Waals surface area contributed by atoms with E-state index < -0.39 is 6.10 Å². The van der Waals surface area contributed by atoms with Gasteiger partial charge in [0.2, 0.25) is 0 Å². The third-order valence-corrected chi connectivity index (χ3v) is 10.7. The Labute approximate surface area is 191 Å². The molecule has 3 saturated carbocycles. The van der Waals surface area contributed by atoms with Gasteiger partial charge in [0.05, 0.1) is 6.10 Å². The molecule has 4 rings (SSSR count). The van der Waals surface area contributed by atoms with Crippen LogP contribution < -0.4 is 0 Å². The number of fused-ring (bicyclic) bond motifs is 5. The second-order valence-electron chi connectivity index (χ2n) is 12.4. The van der Waals surface area contributed by atoms with Crippen molar-refractivity contribution in [2.75, 3.05) is 0 Å². The minimum absolute atomic E-state index is 0.0410. The number of aliphatic hydroxyl groups is 1. The van der Waals surface area contributed by atoms with Crippen LogP contribution in [0.1, 0.15) is 99.3 Å². The van der Waals surface area contributed by atoms with Gasteiger partial charge >= 0.3 is 0 Å². The maximum absolute atomic E-state index is 12.1. The monoisotopic (exact) mass is 426 g/mol. The lowest BCUT2D eigenvalue weighted by molar-refractivity contribution is -0.119. The molecule has 4 aliphatic carbocycles. The number of aliphatic hydroxyl groups excluding tert-OH is 1. The fourth-order valence-electron chi connectivity index (χ4n) is 8.94. The van der Waals surface area contributed by atoms with E-state index >= 15 is 0 Å². The van der Waals surface area contributed by atoms with Crippen molar-refractivity contribution < 1.29 is 9.90 Å². The van der Waals surface area contributed by atoms with Crippen LogP contribution in [-0.2, 0) is 4.79 Å². The molecule has 31 heavy (non-hydrogen) atoms. The topological polar surface area (TPSA) is 37.3 Å². The first-order valence-corrected chi connectivity index (χ1v) is 13.2. The summed E-state index contributed by atoms with van der Waals surface area (Å²) in [6.07, 6.45) is 14.1. The van der Waals surface area contributed by atoms with E-state index in [1.165, 1.54) is 38.5 Å². The zero-order chi connectivity index (χ0) is 22.6. The van der Waals surface area contributed by atoms with Crippen LogP contribution in [0.4, 0.5) is 0 Å². The van der Waals surface area contributed by atoms with Crippen LogP contribution in [0.5, 0.6) is 0 Å². The van der Waals surface area contributed by atoms with Crippen molar-refractivity contribution in [3.63, 3.8) is 0 Å². The zero-order valence-corrected chi connectivity index (χ0v) is 20.9. The summed E-state index contributed by atoms with van der Waals surface area (Å²) in [7, 11) is 0. The SMILES string of the molecule is C/C=C(\CC[C@@H](C)C1CCC2C3C[C@@H](O)C4=CC(=O)CC[C@]4(C)C3CC[C@@]21C)C(C)C. The molecule has 0 aliphatic heterocycles. The van der Waals surface area contributed by atoms with Crippen molar-refractivity contribution in [3.8, 4) is 0 Å². The van der Waals surface area contributed by atoms with Crippen LogP contribution in [0, 0.1) is 46.3 Å². The van der Waals surface area contributed by atoms with Gasteiger partial charge in [0.15, 0.2) is 5.78 Å². The van der Waals surface area contributed by atoms with Crippen molar-refractivity contribution in [2.45, 2.75) is 105 Å². The van der Waals surface area contributed by atoms with Crippen molar-refractivity contribution in [1.29, 1.82) is 0 Å². The summed E-state index contributed by atoms with van der Waals surface area (Å²) in [5.41, 5.74) is 3.16. The van der Waals surface area contributed by atoms with Crippen molar-refractivity contribution in [2.24, 2.45) is 46.3 Å². The van der Waals surface area contributed by atoms with Crippen molar-refractivity contribution in [3.05, 3.63) is 23.3 Å². The predicted molar refractivity (Wildman–Crippen MR) is 129 cm³/mol. The van der Waals surface area contributed by atoms with Gasteiger partial charge in [-0.3, -0.25) is 4.79 Å². The minimum Gasteiger partial charge on any atom is -0.389 e. The van der Waals surface area contributed by atoms with Gasteiger partial charge in [-0.2, -0.15) is 0 Å². The third kappa shape index (κ3) is 3.79. The van der Waals surface area contributed by atoms with Gasteiger partial charge in [-0.1, -0.05) is 46.3 Å². The quantitative estimate of drug-likeness (QED) is 0.475. The molecule has 0 spiro atoms. The van der Waals surface area contributed by atoms with Crippen LogP contribution in [0.2, 0.25) is 0 Å². The highest BCUT2D eigenvalue weighted by atomic mass is 16.3. The standard InChI is InChI=1S/C29H46O2/c1-7-20(18(2)3)9-8-19(4)23-10-11-24-22-17-27(31)26-16-21(30)12-14-29(26,6)25(22)13-15-28(23,24)5/h7,16,18-19,22-25,27,31H,8-15,17H2,1-6H3/b20-7+/t19-,22?,23?,24?,25?,27-,28-,29-/m1/s1. The highest BCUT2D eigenvalue weighted by Crippen LogP contribution is 2.67. The summed E-state index contributed by atoms with van der Waals surface area (Å²) in [6, 6.07) is 0. The molecule has 0 heterocycles. The molecule has 0 radical (unpaired) electrons. The second kappa shape index (κ2) is 8.47. The molecule has 0 aromatic heterocycles. The van der Waals surface area contributed by atoms with Gasteiger partial charge in [-0.25, -0.2) is 0 Å². The lowest BCUT2D eigenvalue weighted by Gasteiger charge is -2.59. The molecule has 3 fully saturated rings.